The smallest absolute Gasteiger partial charge is 0.124 e. The molecule has 0 spiro atoms. The lowest BCUT2D eigenvalue weighted by Gasteiger charge is -2.26. The van der Waals surface area contributed by atoms with Crippen molar-refractivity contribution in [3.63, 3.8) is 0 Å². The largest absolute Gasteiger partial charge is 0.496 e. The van der Waals surface area contributed by atoms with E-state index in [1.54, 1.807) is 7.11 Å². The van der Waals surface area contributed by atoms with Crippen LogP contribution in [0.25, 0.3) is 0 Å². The predicted octanol–water partition coefficient (Wildman–Crippen LogP) is 3.28. The first-order valence-corrected chi connectivity index (χ1v) is 7.11. The molecule has 3 nitrogen and oxygen atoms in total. The van der Waals surface area contributed by atoms with Gasteiger partial charge < -0.3 is 14.6 Å². The molecular weight excluding hydrogens is 240 g/mol. The Morgan fingerprint density at radius 1 is 1.21 bits per heavy atom. The number of hydrogen-bond donors (Lipinski definition) is 1. The zero-order valence-corrected chi connectivity index (χ0v) is 11.9. The Morgan fingerprint density at radius 3 is 2.58 bits per heavy atom. The molecule has 1 fully saturated rings. The summed E-state index contributed by atoms with van der Waals surface area (Å²) in [6.07, 6.45) is 5.21. The molecule has 0 aromatic heterocycles. The van der Waals surface area contributed by atoms with Crippen LogP contribution in [0, 0.1) is 5.92 Å². The molecule has 1 saturated carbocycles. The molecule has 106 valence electrons. The van der Waals surface area contributed by atoms with Gasteiger partial charge >= 0.3 is 0 Å². The third kappa shape index (κ3) is 3.95. The molecule has 0 saturated heterocycles. The molecule has 19 heavy (non-hydrogen) atoms. The Bertz CT molecular complexity index is 395. The summed E-state index contributed by atoms with van der Waals surface area (Å²) in [4.78, 5) is 0. The van der Waals surface area contributed by atoms with Crippen molar-refractivity contribution in [2.24, 2.45) is 5.92 Å². The molecule has 0 atom stereocenters. The van der Waals surface area contributed by atoms with Gasteiger partial charge in [-0.25, -0.2) is 0 Å². The van der Waals surface area contributed by atoms with Crippen LogP contribution in [0.5, 0.6) is 5.75 Å². The zero-order valence-electron chi connectivity index (χ0n) is 11.9. The van der Waals surface area contributed by atoms with Gasteiger partial charge in [-0.15, -0.1) is 0 Å². The SMILES string of the molecule is COc1ccc(CO)cc1COC1CCC(C)CC1. The van der Waals surface area contributed by atoms with E-state index in [1.807, 2.05) is 18.2 Å². The van der Waals surface area contributed by atoms with Gasteiger partial charge in [-0.05, 0) is 49.3 Å². The minimum absolute atomic E-state index is 0.0535. The van der Waals surface area contributed by atoms with Gasteiger partial charge in [0.15, 0.2) is 0 Å². The van der Waals surface area contributed by atoms with E-state index < -0.39 is 0 Å². The number of ether oxygens (including phenoxy) is 2. The maximum Gasteiger partial charge on any atom is 0.124 e. The highest BCUT2D eigenvalue weighted by atomic mass is 16.5. The summed E-state index contributed by atoms with van der Waals surface area (Å²) in [7, 11) is 1.67. The van der Waals surface area contributed by atoms with E-state index in [9.17, 15) is 5.11 Å². The third-order valence-corrected chi connectivity index (χ3v) is 3.96. The second-order valence-corrected chi connectivity index (χ2v) is 5.50. The van der Waals surface area contributed by atoms with Gasteiger partial charge in [0.05, 0.1) is 26.4 Å². The Balaban J connectivity index is 1.94. The fourth-order valence-corrected chi connectivity index (χ4v) is 2.65. The summed E-state index contributed by atoms with van der Waals surface area (Å²) in [5.74, 6) is 1.67. The van der Waals surface area contributed by atoms with Crippen molar-refractivity contribution in [2.45, 2.75) is 51.9 Å². The van der Waals surface area contributed by atoms with Crippen LogP contribution >= 0.6 is 0 Å². The lowest BCUT2D eigenvalue weighted by Crippen LogP contribution is -2.20. The monoisotopic (exact) mass is 264 g/mol. The topological polar surface area (TPSA) is 38.7 Å². The number of hydrogen-bond acceptors (Lipinski definition) is 3. The third-order valence-electron chi connectivity index (χ3n) is 3.96. The maximum atomic E-state index is 9.19. The van der Waals surface area contributed by atoms with Gasteiger partial charge in [-0.3, -0.25) is 0 Å². The van der Waals surface area contributed by atoms with Gasteiger partial charge in [-0.1, -0.05) is 13.0 Å². The van der Waals surface area contributed by atoms with Crippen LogP contribution in [0.3, 0.4) is 0 Å². The summed E-state index contributed by atoms with van der Waals surface area (Å²) in [6, 6.07) is 5.74. The van der Waals surface area contributed by atoms with Crippen molar-refractivity contribution in [1.29, 1.82) is 0 Å². The molecule has 1 aliphatic carbocycles. The van der Waals surface area contributed by atoms with E-state index in [0.717, 1.165) is 35.6 Å². The van der Waals surface area contributed by atoms with E-state index >= 15 is 0 Å². The first kappa shape index (κ1) is 14.4. The van der Waals surface area contributed by atoms with Crippen molar-refractivity contribution in [1.82, 2.24) is 0 Å². The second kappa shape index (κ2) is 6.92. The van der Waals surface area contributed by atoms with Crippen LogP contribution in [0.1, 0.15) is 43.7 Å². The molecule has 0 aliphatic heterocycles. The van der Waals surface area contributed by atoms with Gasteiger partial charge in [0.2, 0.25) is 0 Å². The summed E-state index contributed by atoms with van der Waals surface area (Å²) >= 11 is 0. The van der Waals surface area contributed by atoms with Crippen molar-refractivity contribution in [3.8, 4) is 5.75 Å². The molecule has 2 rings (SSSR count). The van der Waals surface area contributed by atoms with Gasteiger partial charge in [-0.2, -0.15) is 0 Å². The fourth-order valence-electron chi connectivity index (χ4n) is 2.65. The minimum Gasteiger partial charge on any atom is -0.496 e. The molecule has 0 heterocycles. The van der Waals surface area contributed by atoms with Crippen LogP contribution in [0.15, 0.2) is 18.2 Å². The molecular formula is C16H24O3. The summed E-state index contributed by atoms with van der Waals surface area (Å²) in [5.41, 5.74) is 1.92. The van der Waals surface area contributed by atoms with Gasteiger partial charge in [0, 0.05) is 5.56 Å². The summed E-state index contributed by atoms with van der Waals surface area (Å²) in [5, 5.41) is 9.19. The number of aliphatic hydroxyl groups excluding tert-OH is 1. The predicted molar refractivity (Wildman–Crippen MR) is 75.1 cm³/mol. The number of benzene rings is 1. The van der Waals surface area contributed by atoms with Crippen LogP contribution < -0.4 is 4.74 Å². The second-order valence-electron chi connectivity index (χ2n) is 5.50. The molecule has 0 radical (unpaired) electrons. The van der Waals surface area contributed by atoms with E-state index in [0.29, 0.717) is 12.7 Å². The standard InChI is InChI=1S/C16H24O3/c1-12-3-6-15(7-4-12)19-11-14-9-13(10-17)5-8-16(14)18-2/h5,8-9,12,15,17H,3-4,6-7,10-11H2,1-2H3. The molecule has 0 unspecified atom stereocenters. The quantitative estimate of drug-likeness (QED) is 0.887. The van der Waals surface area contributed by atoms with Crippen molar-refractivity contribution in [3.05, 3.63) is 29.3 Å². The highest BCUT2D eigenvalue weighted by Gasteiger charge is 2.19. The molecule has 1 aliphatic rings. The lowest BCUT2D eigenvalue weighted by atomic mass is 9.89. The Hall–Kier alpha value is -1.06. The molecule has 1 N–H and O–H groups in total. The minimum atomic E-state index is 0.0535. The van der Waals surface area contributed by atoms with Crippen molar-refractivity contribution >= 4 is 0 Å². The van der Waals surface area contributed by atoms with E-state index in [4.69, 9.17) is 9.47 Å². The Labute approximate surface area is 115 Å². The first-order valence-electron chi connectivity index (χ1n) is 7.11. The van der Waals surface area contributed by atoms with E-state index in [-0.39, 0.29) is 6.61 Å². The molecule has 3 heteroatoms. The van der Waals surface area contributed by atoms with E-state index in [1.165, 1.54) is 12.8 Å². The van der Waals surface area contributed by atoms with Crippen LogP contribution in [-0.2, 0) is 18.0 Å². The average molecular weight is 264 g/mol. The zero-order chi connectivity index (χ0) is 13.7. The molecule has 1 aromatic rings. The summed E-state index contributed by atoms with van der Waals surface area (Å²) < 4.78 is 11.3. The number of methoxy groups -OCH3 is 1. The molecule has 0 amide bonds. The Kier molecular flexibility index (Phi) is 5.23. The number of aliphatic hydroxyl groups is 1. The number of rotatable bonds is 5. The lowest BCUT2D eigenvalue weighted by molar-refractivity contribution is 0.00797. The van der Waals surface area contributed by atoms with Gasteiger partial charge in [0.1, 0.15) is 5.75 Å². The highest BCUT2D eigenvalue weighted by molar-refractivity contribution is 5.36. The normalized spacial score (nSPS) is 23.3. The fraction of sp³-hybridized carbons (Fsp3) is 0.625. The summed E-state index contributed by atoms with van der Waals surface area (Å²) in [6.45, 7) is 2.93. The molecule has 1 aromatic carbocycles. The average Bonchev–Trinajstić information content (AvgIpc) is 2.46. The van der Waals surface area contributed by atoms with Crippen molar-refractivity contribution in [2.75, 3.05) is 7.11 Å². The first-order chi connectivity index (χ1) is 9.22. The van der Waals surface area contributed by atoms with Crippen LogP contribution in [-0.4, -0.2) is 18.3 Å². The Morgan fingerprint density at radius 2 is 1.95 bits per heavy atom. The van der Waals surface area contributed by atoms with Crippen LogP contribution in [0.4, 0.5) is 0 Å². The van der Waals surface area contributed by atoms with Crippen molar-refractivity contribution < 1.29 is 14.6 Å². The van der Waals surface area contributed by atoms with Crippen LogP contribution in [0.2, 0.25) is 0 Å². The van der Waals surface area contributed by atoms with E-state index in [2.05, 4.69) is 6.92 Å². The highest BCUT2D eigenvalue weighted by Crippen LogP contribution is 2.28. The molecule has 0 bridgehead atoms. The van der Waals surface area contributed by atoms with Gasteiger partial charge in [0.25, 0.3) is 0 Å². The maximum absolute atomic E-state index is 9.19.